The molecule has 1 N–H and O–H groups in total. The first-order valence-electron chi connectivity index (χ1n) is 5.91. The number of nitrogens with zero attached hydrogens (tertiary/aromatic N) is 4. The first-order valence-corrected chi connectivity index (χ1v) is 5.91. The van der Waals surface area contributed by atoms with E-state index in [1.54, 1.807) is 10.9 Å². The maximum atomic E-state index is 5.57. The fourth-order valence-electron chi connectivity index (χ4n) is 1.47. The SMILES string of the molecule is CCNCc1ccc(OCc2cn(C)nn2)cn1. The van der Waals surface area contributed by atoms with E-state index in [1.807, 2.05) is 25.4 Å². The van der Waals surface area contributed by atoms with Crippen LogP contribution < -0.4 is 10.1 Å². The highest BCUT2D eigenvalue weighted by atomic mass is 16.5. The van der Waals surface area contributed by atoms with Crippen LogP contribution in [0.25, 0.3) is 0 Å². The van der Waals surface area contributed by atoms with Crippen molar-refractivity contribution < 1.29 is 4.74 Å². The average molecular weight is 247 g/mol. The van der Waals surface area contributed by atoms with E-state index in [0.29, 0.717) is 6.61 Å². The minimum atomic E-state index is 0.405. The predicted molar refractivity (Wildman–Crippen MR) is 67.0 cm³/mol. The Balaban J connectivity index is 1.86. The van der Waals surface area contributed by atoms with Crippen molar-refractivity contribution in [3.63, 3.8) is 0 Å². The quantitative estimate of drug-likeness (QED) is 0.821. The average Bonchev–Trinajstić information content (AvgIpc) is 2.81. The van der Waals surface area contributed by atoms with Crippen LogP contribution >= 0.6 is 0 Å². The molecule has 2 aromatic heterocycles. The highest BCUT2D eigenvalue weighted by Gasteiger charge is 2.00. The molecule has 0 aliphatic carbocycles. The molecular weight excluding hydrogens is 230 g/mol. The number of hydrogen-bond acceptors (Lipinski definition) is 5. The van der Waals surface area contributed by atoms with Crippen LogP contribution in [0.15, 0.2) is 24.5 Å². The van der Waals surface area contributed by atoms with Crippen LogP contribution in [-0.4, -0.2) is 26.5 Å². The molecule has 2 aromatic rings. The van der Waals surface area contributed by atoms with Gasteiger partial charge in [0.15, 0.2) is 0 Å². The first-order chi connectivity index (χ1) is 8.78. The van der Waals surface area contributed by atoms with Crippen LogP contribution in [-0.2, 0) is 20.2 Å². The van der Waals surface area contributed by atoms with Crippen molar-refractivity contribution >= 4 is 0 Å². The number of aryl methyl sites for hydroxylation is 1. The van der Waals surface area contributed by atoms with Gasteiger partial charge >= 0.3 is 0 Å². The lowest BCUT2D eigenvalue weighted by Gasteiger charge is -2.05. The van der Waals surface area contributed by atoms with E-state index in [-0.39, 0.29) is 0 Å². The standard InChI is InChI=1S/C12H17N5O/c1-3-13-6-10-4-5-12(7-14-10)18-9-11-8-17(2)16-15-11/h4-5,7-8,13H,3,6,9H2,1-2H3. The summed E-state index contributed by atoms with van der Waals surface area (Å²) in [4.78, 5) is 4.30. The monoisotopic (exact) mass is 247 g/mol. The van der Waals surface area contributed by atoms with Crippen molar-refractivity contribution in [1.29, 1.82) is 0 Å². The Labute approximate surface area is 106 Å². The second-order valence-corrected chi connectivity index (χ2v) is 3.94. The topological polar surface area (TPSA) is 64.9 Å². The van der Waals surface area contributed by atoms with Gasteiger partial charge in [0, 0.05) is 13.6 Å². The summed E-state index contributed by atoms with van der Waals surface area (Å²) in [7, 11) is 1.83. The highest BCUT2D eigenvalue weighted by molar-refractivity contribution is 5.20. The lowest BCUT2D eigenvalue weighted by Crippen LogP contribution is -2.12. The molecule has 0 aliphatic heterocycles. The highest BCUT2D eigenvalue weighted by Crippen LogP contribution is 2.10. The van der Waals surface area contributed by atoms with Gasteiger partial charge in [-0.05, 0) is 18.7 Å². The summed E-state index contributed by atoms with van der Waals surface area (Å²) < 4.78 is 7.22. The molecule has 0 atom stereocenters. The lowest BCUT2D eigenvalue weighted by atomic mass is 10.3. The summed E-state index contributed by atoms with van der Waals surface area (Å²) in [6.07, 6.45) is 3.55. The Hall–Kier alpha value is -1.95. The molecule has 96 valence electrons. The molecule has 6 heteroatoms. The van der Waals surface area contributed by atoms with Crippen molar-refractivity contribution in [2.24, 2.45) is 7.05 Å². The molecule has 0 saturated heterocycles. The minimum absolute atomic E-state index is 0.405. The molecule has 2 heterocycles. The van der Waals surface area contributed by atoms with Gasteiger partial charge in [-0.3, -0.25) is 9.67 Å². The van der Waals surface area contributed by atoms with Crippen LogP contribution in [0.1, 0.15) is 18.3 Å². The zero-order chi connectivity index (χ0) is 12.8. The molecule has 18 heavy (non-hydrogen) atoms. The van der Waals surface area contributed by atoms with Gasteiger partial charge in [-0.15, -0.1) is 5.10 Å². The Kier molecular flexibility index (Phi) is 4.25. The molecule has 0 saturated carbocycles. The number of aromatic nitrogens is 4. The fourth-order valence-corrected chi connectivity index (χ4v) is 1.47. The smallest absolute Gasteiger partial charge is 0.138 e. The normalized spacial score (nSPS) is 10.6. The van der Waals surface area contributed by atoms with E-state index in [1.165, 1.54) is 0 Å². The number of pyridine rings is 1. The van der Waals surface area contributed by atoms with Crippen molar-refractivity contribution in [2.45, 2.75) is 20.1 Å². The summed E-state index contributed by atoms with van der Waals surface area (Å²) in [5.41, 5.74) is 1.80. The molecule has 0 amide bonds. The van der Waals surface area contributed by atoms with E-state index in [9.17, 15) is 0 Å². The number of hydrogen-bond donors (Lipinski definition) is 1. The predicted octanol–water partition coefficient (Wildman–Crippen LogP) is 0.899. The zero-order valence-corrected chi connectivity index (χ0v) is 10.6. The van der Waals surface area contributed by atoms with Crippen LogP contribution in [0.5, 0.6) is 5.75 Å². The number of nitrogens with one attached hydrogen (secondary N) is 1. The van der Waals surface area contributed by atoms with Gasteiger partial charge in [0.2, 0.25) is 0 Å². The summed E-state index contributed by atoms with van der Waals surface area (Å²) in [5.74, 6) is 0.737. The second-order valence-electron chi connectivity index (χ2n) is 3.94. The third kappa shape index (κ3) is 3.53. The van der Waals surface area contributed by atoms with Gasteiger partial charge in [0.25, 0.3) is 0 Å². The van der Waals surface area contributed by atoms with Crippen LogP contribution in [0.4, 0.5) is 0 Å². The van der Waals surface area contributed by atoms with Crippen molar-refractivity contribution in [3.05, 3.63) is 35.9 Å². The summed E-state index contributed by atoms with van der Waals surface area (Å²) in [5, 5.41) is 11.0. The fraction of sp³-hybridized carbons (Fsp3) is 0.417. The van der Waals surface area contributed by atoms with Gasteiger partial charge in [-0.25, -0.2) is 0 Å². The molecule has 0 aliphatic rings. The summed E-state index contributed by atoms with van der Waals surface area (Å²) >= 11 is 0. The Morgan fingerprint density at radius 2 is 2.22 bits per heavy atom. The largest absolute Gasteiger partial charge is 0.486 e. The van der Waals surface area contributed by atoms with E-state index < -0.39 is 0 Å². The summed E-state index contributed by atoms with van der Waals surface area (Å²) in [6, 6.07) is 3.87. The van der Waals surface area contributed by atoms with Crippen molar-refractivity contribution in [1.82, 2.24) is 25.3 Å². The molecule has 0 bridgehead atoms. The molecule has 0 fully saturated rings. The molecule has 2 rings (SSSR count). The van der Waals surface area contributed by atoms with E-state index in [4.69, 9.17) is 4.74 Å². The van der Waals surface area contributed by atoms with E-state index in [2.05, 4.69) is 27.5 Å². The van der Waals surface area contributed by atoms with Crippen LogP contribution in [0, 0.1) is 0 Å². The third-order valence-electron chi connectivity index (χ3n) is 2.39. The number of ether oxygens (including phenoxy) is 1. The zero-order valence-electron chi connectivity index (χ0n) is 10.6. The first kappa shape index (κ1) is 12.5. The van der Waals surface area contributed by atoms with Gasteiger partial charge in [0.05, 0.1) is 18.1 Å². The maximum Gasteiger partial charge on any atom is 0.138 e. The van der Waals surface area contributed by atoms with Gasteiger partial charge in [-0.2, -0.15) is 0 Å². The third-order valence-corrected chi connectivity index (χ3v) is 2.39. The molecule has 0 radical (unpaired) electrons. The molecule has 0 unspecified atom stereocenters. The van der Waals surface area contributed by atoms with Crippen LogP contribution in [0.3, 0.4) is 0 Å². The van der Waals surface area contributed by atoms with Gasteiger partial charge < -0.3 is 10.1 Å². The van der Waals surface area contributed by atoms with Crippen molar-refractivity contribution in [3.8, 4) is 5.75 Å². The van der Waals surface area contributed by atoms with Crippen LogP contribution in [0.2, 0.25) is 0 Å². The van der Waals surface area contributed by atoms with Gasteiger partial charge in [0.1, 0.15) is 18.1 Å². The Bertz CT molecular complexity index is 479. The van der Waals surface area contributed by atoms with Crippen molar-refractivity contribution in [2.75, 3.05) is 6.54 Å². The maximum absolute atomic E-state index is 5.57. The minimum Gasteiger partial charge on any atom is -0.486 e. The molecular formula is C12H17N5O. The Morgan fingerprint density at radius 3 is 2.83 bits per heavy atom. The number of rotatable bonds is 6. The van der Waals surface area contributed by atoms with E-state index in [0.717, 1.165) is 30.2 Å². The summed E-state index contributed by atoms with van der Waals surface area (Å²) in [6.45, 7) is 4.19. The molecule has 0 spiro atoms. The second kappa shape index (κ2) is 6.11. The van der Waals surface area contributed by atoms with Gasteiger partial charge in [-0.1, -0.05) is 12.1 Å². The lowest BCUT2D eigenvalue weighted by molar-refractivity contribution is 0.299. The Morgan fingerprint density at radius 1 is 1.33 bits per heavy atom. The molecule has 6 nitrogen and oxygen atoms in total. The van der Waals surface area contributed by atoms with E-state index >= 15 is 0 Å². The molecule has 0 aromatic carbocycles.